The minimum absolute atomic E-state index is 0.0703. The van der Waals surface area contributed by atoms with Gasteiger partial charge in [-0.25, -0.2) is 4.98 Å². The van der Waals surface area contributed by atoms with Crippen LogP contribution in [-0.4, -0.2) is 21.0 Å². The molecular weight excluding hydrogens is 228 g/mol. The zero-order chi connectivity index (χ0) is 12.5. The van der Waals surface area contributed by atoms with Crippen molar-refractivity contribution >= 4 is 27.8 Å². The second kappa shape index (κ2) is 4.07. The molecular formula is C14H10N2O2. The van der Waals surface area contributed by atoms with Crippen molar-refractivity contribution in [3.05, 3.63) is 48.3 Å². The molecule has 3 aromatic rings. The van der Waals surface area contributed by atoms with E-state index in [0.717, 1.165) is 21.8 Å². The number of pyridine rings is 2. The van der Waals surface area contributed by atoms with Crippen molar-refractivity contribution in [2.45, 2.75) is 6.42 Å². The quantitative estimate of drug-likeness (QED) is 0.696. The molecule has 88 valence electrons. The molecule has 3 rings (SSSR count). The van der Waals surface area contributed by atoms with E-state index in [0.29, 0.717) is 5.69 Å². The normalized spacial score (nSPS) is 10.9. The van der Waals surface area contributed by atoms with Crippen LogP contribution in [-0.2, 0) is 11.2 Å². The van der Waals surface area contributed by atoms with Crippen molar-refractivity contribution in [2.75, 3.05) is 0 Å². The number of aliphatic carboxylic acids is 1. The Balaban J connectivity index is 2.29. The molecule has 0 spiro atoms. The minimum atomic E-state index is -0.880. The zero-order valence-corrected chi connectivity index (χ0v) is 9.50. The molecule has 2 heterocycles. The average molecular weight is 238 g/mol. The second-order valence-electron chi connectivity index (χ2n) is 4.09. The highest BCUT2D eigenvalue weighted by molar-refractivity contribution is 6.02. The molecule has 0 aliphatic rings. The fraction of sp³-hybridized carbons (Fsp3) is 0.0714. The van der Waals surface area contributed by atoms with Gasteiger partial charge in [0.2, 0.25) is 0 Å². The number of carbonyl (C=O) groups is 1. The van der Waals surface area contributed by atoms with Crippen molar-refractivity contribution in [1.82, 2.24) is 9.97 Å². The number of aromatic nitrogens is 2. The molecule has 0 amide bonds. The molecule has 0 radical (unpaired) electrons. The third-order valence-electron chi connectivity index (χ3n) is 2.82. The summed E-state index contributed by atoms with van der Waals surface area (Å²) in [6, 6.07) is 11.4. The van der Waals surface area contributed by atoms with E-state index in [9.17, 15) is 4.79 Å². The molecule has 0 fully saturated rings. The van der Waals surface area contributed by atoms with E-state index < -0.39 is 5.97 Å². The third kappa shape index (κ3) is 1.78. The maximum absolute atomic E-state index is 10.7. The summed E-state index contributed by atoms with van der Waals surface area (Å²) in [6.45, 7) is 0. The maximum Gasteiger partial charge on any atom is 0.309 e. The Labute approximate surface area is 103 Å². The van der Waals surface area contributed by atoms with Crippen LogP contribution in [0.2, 0.25) is 0 Å². The summed E-state index contributed by atoms with van der Waals surface area (Å²) in [7, 11) is 0. The Bertz CT molecular complexity index is 753. The van der Waals surface area contributed by atoms with Crippen molar-refractivity contribution in [3.63, 3.8) is 0 Å². The van der Waals surface area contributed by atoms with Crippen LogP contribution in [0.1, 0.15) is 5.69 Å². The molecule has 4 heteroatoms. The molecule has 2 aromatic heterocycles. The van der Waals surface area contributed by atoms with Gasteiger partial charge in [0.15, 0.2) is 0 Å². The number of carboxylic acids is 1. The monoisotopic (exact) mass is 238 g/mol. The van der Waals surface area contributed by atoms with Crippen LogP contribution in [0.5, 0.6) is 0 Å². The Morgan fingerprint density at radius 3 is 2.56 bits per heavy atom. The fourth-order valence-electron chi connectivity index (χ4n) is 2.02. The first kappa shape index (κ1) is 10.7. The van der Waals surface area contributed by atoms with E-state index in [1.54, 1.807) is 12.3 Å². The number of benzene rings is 1. The zero-order valence-electron chi connectivity index (χ0n) is 9.50. The Morgan fingerprint density at radius 1 is 1.06 bits per heavy atom. The highest BCUT2D eigenvalue weighted by Gasteiger charge is 2.06. The van der Waals surface area contributed by atoms with E-state index in [4.69, 9.17) is 5.11 Å². The summed E-state index contributed by atoms with van der Waals surface area (Å²) in [5.41, 5.74) is 2.11. The standard InChI is InChI=1S/C14H10N2O2/c17-12(18)8-11-6-5-10-4-3-9-2-1-7-15-13(9)14(10)16-11/h1-7H,8H2,(H,17,18). The first-order valence-corrected chi connectivity index (χ1v) is 5.59. The van der Waals surface area contributed by atoms with E-state index in [2.05, 4.69) is 9.97 Å². The number of hydrogen-bond donors (Lipinski definition) is 1. The van der Waals surface area contributed by atoms with E-state index >= 15 is 0 Å². The third-order valence-corrected chi connectivity index (χ3v) is 2.82. The van der Waals surface area contributed by atoms with Crippen LogP contribution < -0.4 is 0 Å². The molecule has 18 heavy (non-hydrogen) atoms. The van der Waals surface area contributed by atoms with Crippen LogP contribution in [0.3, 0.4) is 0 Å². The SMILES string of the molecule is O=C(O)Cc1ccc2ccc3cccnc3c2n1. The van der Waals surface area contributed by atoms with Crippen molar-refractivity contribution in [3.8, 4) is 0 Å². The predicted octanol–water partition coefficient (Wildman–Crippen LogP) is 2.41. The van der Waals surface area contributed by atoms with Gasteiger partial charge in [-0.15, -0.1) is 0 Å². The molecule has 0 bridgehead atoms. The van der Waals surface area contributed by atoms with Crippen LogP contribution in [0.25, 0.3) is 21.8 Å². The number of nitrogens with zero attached hydrogens (tertiary/aromatic N) is 2. The first-order chi connectivity index (χ1) is 8.74. The lowest BCUT2D eigenvalue weighted by atomic mass is 10.1. The Morgan fingerprint density at radius 2 is 1.78 bits per heavy atom. The van der Waals surface area contributed by atoms with Crippen LogP contribution in [0, 0.1) is 0 Å². The van der Waals surface area contributed by atoms with Gasteiger partial charge in [-0.05, 0) is 12.1 Å². The summed E-state index contributed by atoms with van der Waals surface area (Å²) in [4.78, 5) is 19.4. The van der Waals surface area contributed by atoms with Gasteiger partial charge in [0.05, 0.1) is 23.1 Å². The minimum Gasteiger partial charge on any atom is -0.481 e. The highest BCUT2D eigenvalue weighted by atomic mass is 16.4. The first-order valence-electron chi connectivity index (χ1n) is 5.59. The average Bonchev–Trinajstić information content (AvgIpc) is 2.38. The van der Waals surface area contributed by atoms with Gasteiger partial charge < -0.3 is 5.11 Å². The molecule has 0 saturated heterocycles. The molecule has 0 aliphatic heterocycles. The van der Waals surface area contributed by atoms with Gasteiger partial charge in [0.25, 0.3) is 0 Å². The summed E-state index contributed by atoms with van der Waals surface area (Å²) in [5, 5.41) is 10.8. The Kier molecular flexibility index (Phi) is 2.41. The number of rotatable bonds is 2. The van der Waals surface area contributed by atoms with Crippen LogP contribution in [0.4, 0.5) is 0 Å². The number of carboxylic acid groups (broad SMARTS) is 1. The van der Waals surface area contributed by atoms with Crippen molar-refractivity contribution in [1.29, 1.82) is 0 Å². The topological polar surface area (TPSA) is 63.1 Å². The van der Waals surface area contributed by atoms with E-state index in [-0.39, 0.29) is 6.42 Å². The Hall–Kier alpha value is -2.49. The largest absolute Gasteiger partial charge is 0.481 e. The van der Waals surface area contributed by atoms with Crippen LogP contribution in [0.15, 0.2) is 42.6 Å². The van der Waals surface area contributed by atoms with E-state index in [1.807, 2.05) is 30.3 Å². The summed E-state index contributed by atoms with van der Waals surface area (Å²) >= 11 is 0. The highest BCUT2D eigenvalue weighted by Crippen LogP contribution is 2.22. The lowest BCUT2D eigenvalue weighted by Crippen LogP contribution is -2.02. The van der Waals surface area contributed by atoms with Gasteiger partial charge in [0.1, 0.15) is 0 Å². The molecule has 1 aromatic carbocycles. The second-order valence-corrected chi connectivity index (χ2v) is 4.09. The molecule has 0 aliphatic carbocycles. The van der Waals surface area contributed by atoms with Gasteiger partial charge in [0, 0.05) is 17.0 Å². The number of hydrogen-bond acceptors (Lipinski definition) is 3. The lowest BCUT2D eigenvalue weighted by Gasteiger charge is -2.04. The maximum atomic E-state index is 10.7. The summed E-state index contributed by atoms with van der Waals surface area (Å²) in [5.74, 6) is -0.880. The number of fused-ring (bicyclic) bond motifs is 3. The van der Waals surface area contributed by atoms with Crippen molar-refractivity contribution < 1.29 is 9.90 Å². The molecule has 1 N–H and O–H groups in total. The lowest BCUT2D eigenvalue weighted by molar-refractivity contribution is -0.136. The fourth-order valence-corrected chi connectivity index (χ4v) is 2.02. The van der Waals surface area contributed by atoms with Gasteiger partial charge in [-0.1, -0.05) is 24.3 Å². The van der Waals surface area contributed by atoms with Gasteiger partial charge >= 0.3 is 5.97 Å². The predicted molar refractivity (Wildman–Crippen MR) is 68.4 cm³/mol. The van der Waals surface area contributed by atoms with Crippen LogP contribution >= 0.6 is 0 Å². The van der Waals surface area contributed by atoms with Gasteiger partial charge in [-0.3, -0.25) is 9.78 Å². The summed E-state index contributed by atoms with van der Waals surface area (Å²) in [6.07, 6.45) is 1.65. The van der Waals surface area contributed by atoms with Crippen molar-refractivity contribution in [2.24, 2.45) is 0 Å². The molecule has 0 unspecified atom stereocenters. The molecule has 0 saturated carbocycles. The molecule has 0 atom stereocenters. The smallest absolute Gasteiger partial charge is 0.309 e. The summed E-state index contributed by atoms with van der Waals surface area (Å²) < 4.78 is 0. The molecule has 4 nitrogen and oxygen atoms in total. The van der Waals surface area contributed by atoms with Gasteiger partial charge in [-0.2, -0.15) is 0 Å². The van der Waals surface area contributed by atoms with E-state index in [1.165, 1.54) is 0 Å².